The third-order valence-electron chi connectivity index (χ3n) is 2.59. The van der Waals surface area contributed by atoms with E-state index >= 15 is 0 Å². The van der Waals surface area contributed by atoms with Gasteiger partial charge in [-0.15, -0.1) is 0 Å². The van der Waals surface area contributed by atoms with Crippen LogP contribution in [0.5, 0.6) is 5.75 Å². The molecule has 0 aromatic heterocycles. The van der Waals surface area contributed by atoms with Crippen LogP contribution in [0.15, 0.2) is 18.2 Å². The normalized spacial score (nSPS) is 14.4. The Hall–Kier alpha value is -1.75. The number of carbonyl (C=O) groups excluding carboxylic acids is 1. The zero-order valence-electron chi connectivity index (χ0n) is 9.81. The Kier molecular flexibility index (Phi) is 3.49. The quantitative estimate of drug-likeness (QED) is 0.626. The van der Waals surface area contributed by atoms with Gasteiger partial charge in [0.15, 0.2) is 6.61 Å². The fourth-order valence-electron chi connectivity index (χ4n) is 1.77. The molecule has 2 N–H and O–H groups in total. The second-order valence-corrected chi connectivity index (χ2v) is 3.76. The summed E-state index contributed by atoms with van der Waals surface area (Å²) in [5.41, 5.74) is 7.06. The Balaban J connectivity index is 2.18. The average Bonchev–Trinajstić information content (AvgIpc) is 2.32. The summed E-state index contributed by atoms with van der Waals surface area (Å²) in [6.07, 6.45) is 0. The van der Waals surface area contributed by atoms with Crippen LogP contribution in [0, 0.1) is 0 Å². The van der Waals surface area contributed by atoms with E-state index in [0.717, 1.165) is 5.69 Å². The number of carbonyl (C=O) groups is 1. The molecule has 2 rings (SSSR count). The summed E-state index contributed by atoms with van der Waals surface area (Å²) >= 11 is 0. The Morgan fingerprint density at radius 2 is 2.35 bits per heavy atom. The fourth-order valence-corrected chi connectivity index (χ4v) is 1.77. The van der Waals surface area contributed by atoms with Gasteiger partial charge in [-0.1, -0.05) is 0 Å². The van der Waals surface area contributed by atoms with Gasteiger partial charge in [-0.25, -0.2) is 0 Å². The van der Waals surface area contributed by atoms with E-state index in [9.17, 15) is 4.79 Å². The summed E-state index contributed by atoms with van der Waals surface area (Å²) in [6.45, 7) is 3.69. The molecular weight excluding hydrogens is 220 g/mol. The highest BCUT2D eigenvalue weighted by Gasteiger charge is 2.25. The van der Waals surface area contributed by atoms with E-state index in [1.165, 1.54) is 0 Å². The predicted octanol–water partition coefficient (Wildman–Crippen LogP) is 1.03. The zero-order chi connectivity index (χ0) is 12.3. The van der Waals surface area contributed by atoms with Crippen molar-refractivity contribution < 1.29 is 14.3 Å². The number of nitrogen functional groups attached to an aromatic ring is 1. The molecule has 0 aliphatic carbocycles. The highest BCUT2D eigenvalue weighted by Crippen LogP contribution is 2.33. The van der Waals surface area contributed by atoms with Crippen molar-refractivity contribution in [3.63, 3.8) is 0 Å². The lowest BCUT2D eigenvalue weighted by molar-refractivity contribution is -0.121. The van der Waals surface area contributed by atoms with E-state index < -0.39 is 0 Å². The Morgan fingerprint density at radius 1 is 1.53 bits per heavy atom. The topological polar surface area (TPSA) is 64.8 Å². The largest absolute Gasteiger partial charge is 0.481 e. The molecule has 1 heterocycles. The Bertz CT molecular complexity index is 420. The second-order valence-electron chi connectivity index (χ2n) is 3.76. The Morgan fingerprint density at radius 3 is 3.12 bits per heavy atom. The van der Waals surface area contributed by atoms with Crippen molar-refractivity contribution in [3.8, 4) is 5.75 Å². The molecule has 5 nitrogen and oxygen atoms in total. The fraction of sp³-hybridized carbons (Fsp3) is 0.417. The lowest BCUT2D eigenvalue weighted by Gasteiger charge is -2.29. The number of rotatable bonds is 4. The van der Waals surface area contributed by atoms with Crippen molar-refractivity contribution in [2.75, 3.05) is 37.0 Å². The van der Waals surface area contributed by atoms with E-state index in [1.54, 1.807) is 23.1 Å². The first kappa shape index (κ1) is 11.7. The molecule has 0 atom stereocenters. The van der Waals surface area contributed by atoms with Crippen LogP contribution in [-0.2, 0) is 9.53 Å². The van der Waals surface area contributed by atoms with Gasteiger partial charge >= 0.3 is 0 Å². The first-order chi connectivity index (χ1) is 8.22. The minimum atomic E-state index is -0.0537. The maximum absolute atomic E-state index is 11.8. The van der Waals surface area contributed by atoms with Gasteiger partial charge in [0.05, 0.1) is 12.3 Å². The third kappa shape index (κ3) is 2.50. The highest BCUT2D eigenvalue weighted by molar-refractivity contribution is 5.98. The molecule has 0 spiro atoms. The van der Waals surface area contributed by atoms with Gasteiger partial charge in [-0.3, -0.25) is 4.79 Å². The summed E-state index contributed by atoms with van der Waals surface area (Å²) in [5.74, 6) is 0.600. The molecule has 1 aromatic carbocycles. The first-order valence-corrected chi connectivity index (χ1v) is 5.63. The summed E-state index contributed by atoms with van der Waals surface area (Å²) in [4.78, 5) is 13.4. The highest BCUT2D eigenvalue weighted by atomic mass is 16.5. The number of hydrogen-bond donors (Lipinski definition) is 1. The number of nitrogens with zero attached hydrogens (tertiary/aromatic N) is 1. The van der Waals surface area contributed by atoms with Gasteiger partial charge in [-0.2, -0.15) is 0 Å². The molecule has 0 bridgehead atoms. The minimum Gasteiger partial charge on any atom is -0.481 e. The van der Waals surface area contributed by atoms with Crippen molar-refractivity contribution in [2.45, 2.75) is 6.92 Å². The number of hydrogen-bond acceptors (Lipinski definition) is 4. The average molecular weight is 236 g/mol. The maximum Gasteiger partial charge on any atom is 0.265 e. The molecule has 1 aromatic rings. The van der Waals surface area contributed by atoms with Crippen LogP contribution in [0.4, 0.5) is 11.4 Å². The van der Waals surface area contributed by atoms with E-state index in [2.05, 4.69) is 0 Å². The molecule has 1 amide bonds. The zero-order valence-corrected chi connectivity index (χ0v) is 9.81. The first-order valence-electron chi connectivity index (χ1n) is 5.63. The second kappa shape index (κ2) is 5.05. The molecule has 0 radical (unpaired) electrons. The van der Waals surface area contributed by atoms with Crippen molar-refractivity contribution in [1.82, 2.24) is 0 Å². The van der Waals surface area contributed by atoms with Gasteiger partial charge < -0.3 is 20.1 Å². The van der Waals surface area contributed by atoms with Gasteiger partial charge in [0.25, 0.3) is 5.91 Å². The van der Waals surface area contributed by atoms with E-state index in [0.29, 0.717) is 31.2 Å². The van der Waals surface area contributed by atoms with Crippen LogP contribution in [0.3, 0.4) is 0 Å². The summed E-state index contributed by atoms with van der Waals surface area (Å²) in [5, 5.41) is 0. The molecule has 0 saturated heterocycles. The molecule has 1 aliphatic heterocycles. The van der Waals surface area contributed by atoms with Crippen molar-refractivity contribution in [2.24, 2.45) is 0 Å². The third-order valence-corrected chi connectivity index (χ3v) is 2.59. The summed E-state index contributed by atoms with van der Waals surface area (Å²) < 4.78 is 10.6. The standard InChI is InChI=1S/C12H16N2O3/c1-2-16-6-5-14-10-4-3-9(13)7-11(10)17-8-12(14)15/h3-4,7H,2,5-6,8,13H2,1H3. The van der Waals surface area contributed by atoms with Crippen molar-refractivity contribution in [3.05, 3.63) is 18.2 Å². The van der Waals surface area contributed by atoms with Crippen LogP contribution in [0.25, 0.3) is 0 Å². The lowest BCUT2D eigenvalue weighted by atomic mass is 10.2. The molecule has 0 fully saturated rings. The summed E-state index contributed by atoms with van der Waals surface area (Å²) in [6, 6.07) is 5.29. The maximum atomic E-state index is 11.8. The van der Waals surface area contributed by atoms with Crippen LogP contribution in [0.1, 0.15) is 6.92 Å². The molecule has 0 saturated carbocycles. The number of ether oxygens (including phenoxy) is 2. The molecule has 1 aliphatic rings. The van der Waals surface area contributed by atoms with Crippen molar-refractivity contribution >= 4 is 17.3 Å². The number of benzene rings is 1. The molecular formula is C12H16N2O3. The van der Waals surface area contributed by atoms with Gasteiger partial charge in [0, 0.05) is 24.9 Å². The van der Waals surface area contributed by atoms with E-state index in [-0.39, 0.29) is 12.5 Å². The minimum absolute atomic E-state index is 0.0537. The predicted molar refractivity (Wildman–Crippen MR) is 65.2 cm³/mol. The van der Waals surface area contributed by atoms with Crippen LogP contribution < -0.4 is 15.4 Å². The van der Waals surface area contributed by atoms with E-state index in [1.807, 2.05) is 6.92 Å². The smallest absolute Gasteiger partial charge is 0.265 e. The number of fused-ring (bicyclic) bond motifs is 1. The number of anilines is 2. The van der Waals surface area contributed by atoms with Gasteiger partial charge in [0.1, 0.15) is 5.75 Å². The monoisotopic (exact) mass is 236 g/mol. The number of amides is 1. The molecule has 0 unspecified atom stereocenters. The Labute approximate surface area is 100 Å². The molecule has 5 heteroatoms. The molecule has 92 valence electrons. The van der Waals surface area contributed by atoms with Crippen LogP contribution in [0.2, 0.25) is 0 Å². The van der Waals surface area contributed by atoms with Gasteiger partial charge in [-0.05, 0) is 19.1 Å². The summed E-state index contributed by atoms with van der Waals surface area (Å²) in [7, 11) is 0. The SMILES string of the molecule is CCOCCN1C(=O)COc2cc(N)ccc21. The number of nitrogens with two attached hydrogens (primary N) is 1. The van der Waals surface area contributed by atoms with Crippen LogP contribution in [-0.4, -0.2) is 32.3 Å². The van der Waals surface area contributed by atoms with Crippen LogP contribution >= 0.6 is 0 Å². The van der Waals surface area contributed by atoms with Crippen molar-refractivity contribution in [1.29, 1.82) is 0 Å². The van der Waals surface area contributed by atoms with Gasteiger partial charge in [0.2, 0.25) is 0 Å². The molecule has 17 heavy (non-hydrogen) atoms. The lowest BCUT2D eigenvalue weighted by Crippen LogP contribution is -2.40. The van der Waals surface area contributed by atoms with E-state index in [4.69, 9.17) is 15.2 Å².